The Kier molecular flexibility index (Phi) is 5.21. The summed E-state index contributed by atoms with van der Waals surface area (Å²) in [6, 6.07) is 3.69. The van der Waals surface area contributed by atoms with E-state index in [1.54, 1.807) is 6.20 Å². The zero-order valence-electron chi connectivity index (χ0n) is 13.5. The molecule has 1 saturated heterocycles. The summed E-state index contributed by atoms with van der Waals surface area (Å²) in [5, 5.41) is 3.24. The van der Waals surface area contributed by atoms with E-state index < -0.39 is 0 Å². The van der Waals surface area contributed by atoms with Crippen LogP contribution < -0.4 is 5.32 Å². The fourth-order valence-corrected chi connectivity index (χ4v) is 3.03. The van der Waals surface area contributed by atoms with E-state index in [0.717, 1.165) is 56.7 Å². The molecule has 0 spiro atoms. The van der Waals surface area contributed by atoms with Gasteiger partial charge in [-0.3, -0.25) is 4.79 Å². The largest absolute Gasteiger partial charge is 0.370 e. The SMILES string of the molecule is CCCNc1cc(C(=O)N2CCC(CC)(CC)C2)ccn1. The van der Waals surface area contributed by atoms with Crippen molar-refractivity contribution in [2.24, 2.45) is 5.41 Å². The van der Waals surface area contributed by atoms with Gasteiger partial charge in [0.05, 0.1) is 0 Å². The van der Waals surface area contributed by atoms with Crippen molar-refractivity contribution >= 4 is 11.7 Å². The fraction of sp³-hybridized carbons (Fsp3) is 0.647. The first-order valence-corrected chi connectivity index (χ1v) is 8.13. The van der Waals surface area contributed by atoms with Gasteiger partial charge in [-0.1, -0.05) is 20.8 Å². The Morgan fingerprint density at radius 3 is 2.76 bits per heavy atom. The average Bonchev–Trinajstić information content (AvgIpc) is 2.97. The van der Waals surface area contributed by atoms with E-state index in [9.17, 15) is 4.79 Å². The molecule has 0 aliphatic carbocycles. The maximum atomic E-state index is 12.7. The smallest absolute Gasteiger partial charge is 0.254 e. The topological polar surface area (TPSA) is 45.2 Å². The lowest BCUT2D eigenvalue weighted by molar-refractivity contribution is 0.0770. The maximum absolute atomic E-state index is 12.7. The van der Waals surface area contributed by atoms with Crippen LogP contribution in [0.1, 0.15) is 56.8 Å². The first-order valence-electron chi connectivity index (χ1n) is 8.13. The second-order valence-electron chi connectivity index (χ2n) is 6.04. The summed E-state index contributed by atoms with van der Waals surface area (Å²) in [5.74, 6) is 0.930. The van der Waals surface area contributed by atoms with Gasteiger partial charge in [0.25, 0.3) is 5.91 Å². The summed E-state index contributed by atoms with van der Waals surface area (Å²) in [4.78, 5) is 18.9. The summed E-state index contributed by atoms with van der Waals surface area (Å²) >= 11 is 0. The van der Waals surface area contributed by atoms with Crippen molar-refractivity contribution in [1.82, 2.24) is 9.88 Å². The van der Waals surface area contributed by atoms with Crippen LogP contribution in [-0.2, 0) is 0 Å². The van der Waals surface area contributed by atoms with Crippen molar-refractivity contribution in [2.75, 3.05) is 25.0 Å². The molecule has 1 aromatic heterocycles. The van der Waals surface area contributed by atoms with Crippen LogP contribution in [0.4, 0.5) is 5.82 Å². The van der Waals surface area contributed by atoms with Gasteiger partial charge in [0.15, 0.2) is 0 Å². The quantitative estimate of drug-likeness (QED) is 0.871. The maximum Gasteiger partial charge on any atom is 0.254 e. The zero-order chi connectivity index (χ0) is 15.3. The van der Waals surface area contributed by atoms with Gasteiger partial charge >= 0.3 is 0 Å². The Balaban J connectivity index is 2.07. The molecule has 4 heteroatoms. The molecule has 1 aromatic rings. The number of hydrogen-bond acceptors (Lipinski definition) is 3. The number of anilines is 1. The number of carbonyl (C=O) groups excluding carboxylic acids is 1. The molecule has 0 saturated carbocycles. The normalized spacial score (nSPS) is 17.0. The Bertz CT molecular complexity index is 483. The number of carbonyl (C=O) groups is 1. The third kappa shape index (κ3) is 3.55. The van der Waals surface area contributed by atoms with E-state index in [1.165, 1.54) is 0 Å². The highest BCUT2D eigenvalue weighted by atomic mass is 16.2. The van der Waals surface area contributed by atoms with Crippen LogP contribution in [0, 0.1) is 5.41 Å². The minimum absolute atomic E-state index is 0.140. The summed E-state index contributed by atoms with van der Waals surface area (Å²) in [6.45, 7) is 9.22. The molecule has 21 heavy (non-hydrogen) atoms. The van der Waals surface area contributed by atoms with Crippen LogP contribution in [0.5, 0.6) is 0 Å². The lowest BCUT2D eigenvalue weighted by Gasteiger charge is -2.26. The van der Waals surface area contributed by atoms with E-state index >= 15 is 0 Å². The van der Waals surface area contributed by atoms with E-state index in [-0.39, 0.29) is 5.91 Å². The second kappa shape index (κ2) is 6.92. The number of amides is 1. The van der Waals surface area contributed by atoms with E-state index in [1.807, 2.05) is 17.0 Å². The van der Waals surface area contributed by atoms with Crippen molar-refractivity contribution < 1.29 is 4.79 Å². The molecule has 2 heterocycles. The van der Waals surface area contributed by atoms with Crippen LogP contribution in [-0.4, -0.2) is 35.4 Å². The first-order chi connectivity index (χ1) is 10.1. The van der Waals surface area contributed by atoms with Crippen LogP contribution in [0.15, 0.2) is 18.3 Å². The van der Waals surface area contributed by atoms with Crippen LogP contribution in [0.2, 0.25) is 0 Å². The molecule has 0 atom stereocenters. The molecule has 2 rings (SSSR count). The van der Waals surface area contributed by atoms with Gasteiger partial charge in [-0.05, 0) is 43.2 Å². The Morgan fingerprint density at radius 1 is 1.38 bits per heavy atom. The minimum atomic E-state index is 0.140. The van der Waals surface area contributed by atoms with Crippen LogP contribution >= 0.6 is 0 Å². The first kappa shape index (κ1) is 15.8. The van der Waals surface area contributed by atoms with Gasteiger partial charge in [-0.25, -0.2) is 4.98 Å². The van der Waals surface area contributed by atoms with Gasteiger partial charge in [0.2, 0.25) is 0 Å². The standard InChI is InChI=1S/C17H27N3O/c1-4-9-18-15-12-14(7-10-19-15)16(21)20-11-8-17(5-2,6-3)13-20/h7,10,12H,4-6,8-9,11,13H2,1-3H3,(H,18,19). The summed E-state index contributed by atoms with van der Waals surface area (Å²) < 4.78 is 0. The lowest BCUT2D eigenvalue weighted by Crippen LogP contribution is -2.31. The summed E-state index contributed by atoms with van der Waals surface area (Å²) in [7, 11) is 0. The predicted octanol–water partition coefficient (Wildman–Crippen LogP) is 3.56. The van der Waals surface area contributed by atoms with Gasteiger partial charge in [0.1, 0.15) is 5.82 Å². The average molecular weight is 289 g/mol. The van der Waals surface area contributed by atoms with Crippen LogP contribution in [0.25, 0.3) is 0 Å². The number of nitrogens with one attached hydrogen (secondary N) is 1. The van der Waals surface area contributed by atoms with Crippen molar-refractivity contribution in [3.05, 3.63) is 23.9 Å². The predicted molar refractivity (Wildman–Crippen MR) is 86.6 cm³/mol. The van der Waals surface area contributed by atoms with Gasteiger partial charge in [-0.2, -0.15) is 0 Å². The molecule has 116 valence electrons. The third-order valence-corrected chi connectivity index (χ3v) is 4.79. The second-order valence-corrected chi connectivity index (χ2v) is 6.04. The fourth-order valence-electron chi connectivity index (χ4n) is 3.03. The Hall–Kier alpha value is -1.58. The molecule has 1 N–H and O–H groups in total. The summed E-state index contributed by atoms with van der Waals surface area (Å²) in [5.41, 5.74) is 1.07. The third-order valence-electron chi connectivity index (χ3n) is 4.79. The highest BCUT2D eigenvalue weighted by Crippen LogP contribution is 2.37. The molecule has 4 nitrogen and oxygen atoms in total. The van der Waals surface area contributed by atoms with Crippen molar-refractivity contribution in [2.45, 2.75) is 46.5 Å². The molecule has 1 aliphatic rings. The number of likely N-dealkylation sites (tertiary alicyclic amines) is 1. The Morgan fingerprint density at radius 2 is 2.14 bits per heavy atom. The monoisotopic (exact) mass is 289 g/mol. The van der Waals surface area contributed by atoms with Gasteiger partial charge in [0, 0.05) is 31.4 Å². The number of aromatic nitrogens is 1. The molecule has 1 amide bonds. The zero-order valence-corrected chi connectivity index (χ0v) is 13.5. The highest BCUT2D eigenvalue weighted by molar-refractivity contribution is 5.95. The van der Waals surface area contributed by atoms with E-state index in [2.05, 4.69) is 31.1 Å². The summed E-state index contributed by atoms with van der Waals surface area (Å²) in [6.07, 6.45) is 6.17. The molecular formula is C17H27N3O. The van der Waals surface area contributed by atoms with Crippen molar-refractivity contribution in [1.29, 1.82) is 0 Å². The minimum Gasteiger partial charge on any atom is -0.370 e. The number of hydrogen-bond donors (Lipinski definition) is 1. The molecule has 1 aliphatic heterocycles. The lowest BCUT2D eigenvalue weighted by atomic mass is 9.82. The molecule has 0 unspecified atom stereocenters. The molecular weight excluding hydrogens is 262 g/mol. The van der Waals surface area contributed by atoms with Crippen LogP contribution in [0.3, 0.4) is 0 Å². The molecule has 0 bridgehead atoms. The van der Waals surface area contributed by atoms with E-state index in [4.69, 9.17) is 0 Å². The molecule has 0 aromatic carbocycles. The number of rotatable bonds is 6. The van der Waals surface area contributed by atoms with Crippen molar-refractivity contribution in [3.8, 4) is 0 Å². The van der Waals surface area contributed by atoms with Crippen molar-refractivity contribution in [3.63, 3.8) is 0 Å². The number of nitrogens with zero attached hydrogens (tertiary/aromatic N) is 2. The van der Waals surface area contributed by atoms with E-state index in [0.29, 0.717) is 5.41 Å². The Labute approximate surface area is 127 Å². The molecule has 1 fully saturated rings. The molecule has 0 radical (unpaired) electrons. The number of pyridine rings is 1. The van der Waals surface area contributed by atoms with Gasteiger partial charge in [-0.15, -0.1) is 0 Å². The highest BCUT2D eigenvalue weighted by Gasteiger charge is 2.37. The van der Waals surface area contributed by atoms with Gasteiger partial charge < -0.3 is 10.2 Å².